The van der Waals surface area contributed by atoms with Gasteiger partial charge in [0.15, 0.2) is 0 Å². The Morgan fingerprint density at radius 3 is 2.78 bits per heavy atom. The summed E-state index contributed by atoms with van der Waals surface area (Å²) in [6.07, 6.45) is 6.52. The SMILES string of the molecule is C=C/N=C\C(C)=C/CC. The van der Waals surface area contributed by atoms with Gasteiger partial charge in [-0.05, 0) is 18.9 Å². The fourth-order valence-corrected chi connectivity index (χ4v) is 0.545. The second-order valence-electron chi connectivity index (χ2n) is 1.82. The van der Waals surface area contributed by atoms with E-state index in [-0.39, 0.29) is 0 Å². The third-order valence-electron chi connectivity index (χ3n) is 0.910. The van der Waals surface area contributed by atoms with E-state index in [9.17, 15) is 0 Å². The molecular formula is C8H13N. The lowest BCUT2D eigenvalue weighted by Gasteiger charge is -1.85. The molecule has 0 aliphatic heterocycles. The van der Waals surface area contributed by atoms with Crippen molar-refractivity contribution in [3.8, 4) is 0 Å². The van der Waals surface area contributed by atoms with Crippen molar-refractivity contribution >= 4 is 6.21 Å². The van der Waals surface area contributed by atoms with Crippen molar-refractivity contribution < 1.29 is 0 Å². The van der Waals surface area contributed by atoms with Crippen LogP contribution in [-0.2, 0) is 0 Å². The van der Waals surface area contributed by atoms with Gasteiger partial charge in [-0.1, -0.05) is 19.6 Å². The number of hydrogen-bond acceptors (Lipinski definition) is 1. The summed E-state index contributed by atoms with van der Waals surface area (Å²) in [6.45, 7) is 7.59. The molecule has 0 saturated heterocycles. The van der Waals surface area contributed by atoms with Gasteiger partial charge in [0.05, 0.1) is 0 Å². The third kappa shape index (κ3) is 5.01. The van der Waals surface area contributed by atoms with Crippen LogP contribution in [-0.4, -0.2) is 6.21 Å². The summed E-state index contributed by atoms with van der Waals surface area (Å²) in [5.41, 5.74) is 1.19. The third-order valence-corrected chi connectivity index (χ3v) is 0.910. The number of nitrogens with zero attached hydrogens (tertiary/aromatic N) is 1. The average molecular weight is 123 g/mol. The van der Waals surface area contributed by atoms with Gasteiger partial charge < -0.3 is 0 Å². The van der Waals surface area contributed by atoms with Crippen molar-refractivity contribution in [3.05, 3.63) is 24.4 Å². The number of hydrogen-bond donors (Lipinski definition) is 0. The highest BCUT2D eigenvalue weighted by atomic mass is 14.6. The molecule has 1 heteroatoms. The van der Waals surface area contributed by atoms with Crippen molar-refractivity contribution in [3.63, 3.8) is 0 Å². The predicted octanol–water partition coefficient (Wildman–Crippen LogP) is 2.56. The average Bonchev–Trinajstić information content (AvgIpc) is 1.85. The van der Waals surface area contributed by atoms with Gasteiger partial charge in [0.25, 0.3) is 0 Å². The Balaban J connectivity index is 3.74. The Bertz CT molecular complexity index is 132. The predicted molar refractivity (Wildman–Crippen MR) is 42.7 cm³/mol. The first-order chi connectivity index (χ1) is 4.31. The first-order valence-corrected chi connectivity index (χ1v) is 3.12. The minimum Gasteiger partial charge on any atom is -0.265 e. The Morgan fingerprint density at radius 1 is 1.67 bits per heavy atom. The fourth-order valence-electron chi connectivity index (χ4n) is 0.545. The Hall–Kier alpha value is -0.850. The first kappa shape index (κ1) is 8.15. The largest absolute Gasteiger partial charge is 0.265 e. The van der Waals surface area contributed by atoms with Gasteiger partial charge in [0.1, 0.15) is 0 Å². The van der Waals surface area contributed by atoms with Crippen molar-refractivity contribution in [2.45, 2.75) is 20.3 Å². The molecule has 0 heterocycles. The molecule has 1 nitrogen and oxygen atoms in total. The van der Waals surface area contributed by atoms with Crippen LogP contribution >= 0.6 is 0 Å². The molecule has 0 N–H and O–H groups in total. The van der Waals surface area contributed by atoms with Crippen LogP contribution < -0.4 is 0 Å². The van der Waals surface area contributed by atoms with Crippen molar-refractivity contribution in [2.75, 3.05) is 0 Å². The fraction of sp³-hybridized carbons (Fsp3) is 0.375. The lowest BCUT2D eigenvalue weighted by Crippen LogP contribution is -1.74. The van der Waals surface area contributed by atoms with Gasteiger partial charge in [-0.25, -0.2) is 0 Å². The van der Waals surface area contributed by atoms with E-state index in [1.807, 2.05) is 6.92 Å². The zero-order valence-corrected chi connectivity index (χ0v) is 6.09. The van der Waals surface area contributed by atoms with E-state index in [4.69, 9.17) is 0 Å². The molecule has 0 aromatic carbocycles. The Kier molecular flexibility index (Phi) is 4.79. The van der Waals surface area contributed by atoms with Crippen LogP contribution in [0.15, 0.2) is 29.4 Å². The second kappa shape index (κ2) is 5.29. The number of rotatable bonds is 3. The molecule has 50 valence electrons. The van der Waals surface area contributed by atoms with Crippen LogP contribution in [0.25, 0.3) is 0 Å². The van der Waals surface area contributed by atoms with Crippen LogP contribution in [0.5, 0.6) is 0 Å². The van der Waals surface area contributed by atoms with E-state index in [2.05, 4.69) is 24.6 Å². The topological polar surface area (TPSA) is 12.4 Å². The highest BCUT2D eigenvalue weighted by Gasteiger charge is 1.76. The molecule has 0 aromatic rings. The summed E-state index contributed by atoms with van der Waals surface area (Å²) in [5.74, 6) is 0. The number of aliphatic imine (C=N–C) groups is 1. The molecule has 0 bridgehead atoms. The molecule has 0 fully saturated rings. The molecule has 0 radical (unpaired) electrons. The lowest BCUT2D eigenvalue weighted by atomic mass is 10.3. The summed E-state index contributed by atoms with van der Waals surface area (Å²) >= 11 is 0. The van der Waals surface area contributed by atoms with Crippen LogP contribution in [0, 0.1) is 0 Å². The Morgan fingerprint density at radius 2 is 2.33 bits per heavy atom. The van der Waals surface area contributed by atoms with Gasteiger partial charge in [-0.3, -0.25) is 4.99 Å². The minimum atomic E-state index is 1.06. The summed E-state index contributed by atoms with van der Waals surface area (Å²) in [4.78, 5) is 3.86. The summed E-state index contributed by atoms with van der Waals surface area (Å²) in [6, 6.07) is 0. The standard InChI is InChI=1S/C8H13N/c1-4-6-8(3)7-9-5-2/h5-7H,2,4H2,1,3H3/b8-6-,9-7-. The lowest BCUT2D eigenvalue weighted by molar-refractivity contribution is 1.21. The van der Waals surface area contributed by atoms with E-state index >= 15 is 0 Å². The first-order valence-electron chi connectivity index (χ1n) is 3.12. The summed E-state index contributed by atoms with van der Waals surface area (Å²) < 4.78 is 0. The van der Waals surface area contributed by atoms with Gasteiger partial charge in [0, 0.05) is 12.4 Å². The quantitative estimate of drug-likeness (QED) is 0.511. The van der Waals surface area contributed by atoms with E-state index < -0.39 is 0 Å². The molecule has 0 aliphatic carbocycles. The van der Waals surface area contributed by atoms with Crippen molar-refractivity contribution in [2.24, 2.45) is 4.99 Å². The molecular weight excluding hydrogens is 110 g/mol. The maximum Gasteiger partial charge on any atom is 0.0293 e. The molecule has 0 saturated carbocycles. The monoisotopic (exact) mass is 123 g/mol. The highest BCUT2D eigenvalue weighted by molar-refractivity contribution is 5.77. The van der Waals surface area contributed by atoms with Gasteiger partial charge in [0.2, 0.25) is 0 Å². The van der Waals surface area contributed by atoms with Crippen LogP contribution in [0.4, 0.5) is 0 Å². The maximum atomic E-state index is 3.86. The van der Waals surface area contributed by atoms with Gasteiger partial charge in [-0.15, -0.1) is 0 Å². The minimum absolute atomic E-state index is 1.06. The summed E-state index contributed by atoms with van der Waals surface area (Å²) in [5, 5.41) is 0. The zero-order chi connectivity index (χ0) is 7.11. The van der Waals surface area contributed by atoms with Crippen LogP contribution in [0.2, 0.25) is 0 Å². The smallest absolute Gasteiger partial charge is 0.0293 e. The zero-order valence-electron chi connectivity index (χ0n) is 6.09. The van der Waals surface area contributed by atoms with Crippen LogP contribution in [0.1, 0.15) is 20.3 Å². The van der Waals surface area contributed by atoms with E-state index in [1.54, 1.807) is 6.21 Å². The molecule has 0 spiro atoms. The molecule has 0 rings (SSSR count). The molecule has 0 aliphatic rings. The molecule has 9 heavy (non-hydrogen) atoms. The molecule has 0 atom stereocenters. The van der Waals surface area contributed by atoms with Crippen molar-refractivity contribution in [1.82, 2.24) is 0 Å². The van der Waals surface area contributed by atoms with E-state index in [1.165, 1.54) is 11.8 Å². The van der Waals surface area contributed by atoms with Gasteiger partial charge >= 0.3 is 0 Å². The van der Waals surface area contributed by atoms with Crippen LogP contribution in [0.3, 0.4) is 0 Å². The Labute approximate surface area is 56.8 Å². The van der Waals surface area contributed by atoms with E-state index in [0.717, 1.165) is 6.42 Å². The number of allylic oxidation sites excluding steroid dienone is 2. The van der Waals surface area contributed by atoms with Crippen molar-refractivity contribution in [1.29, 1.82) is 0 Å². The molecule has 0 amide bonds. The van der Waals surface area contributed by atoms with E-state index in [0.29, 0.717) is 0 Å². The second-order valence-corrected chi connectivity index (χ2v) is 1.82. The molecule has 0 aromatic heterocycles. The normalized spacial score (nSPS) is 12.4. The van der Waals surface area contributed by atoms with Gasteiger partial charge in [-0.2, -0.15) is 0 Å². The molecule has 0 unspecified atom stereocenters. The maximum absolute atomic E-state index is 3.86. The highest BCUT2D eigenvalue weighted by Crippen LogP contribution is 1.89. The summed E-state index contributed by atoms with van der Waals surface area (Å²) in [7, 11) is 0.